The van der Waals surface area contributed by atoms with Crippen molar-refractivity contribution in [3.63, 3.8) is 0 Å². The van der Waals surface area contributed by atoms with Gasteiger partial charge in [-0.3, -0.25) is 19.7 Å². The molecule has 0 aromatic heterocycles. The van der Waals surface area contributed by atoms with Gasteiger partial charge in [-0.25, -0.2) is 0 Å². The molecule has 2 aromatic carbocycles. The third-order valence-corrected chi connectivity index (χ3v) is 5.01. The molecular weight excluding hydrogens is 406 g/mol. The van der Waals surface area contributed by atoms with Gasteiger partial charge in [0.1, 0.15) is 6.04 Å². The zero-order valence-electron chi connectivity index (χ0n) is 17.3. The van der Waals surface area contributed by atoms with E-state index in [2.05, 4.69) is 5.32 Å². The summed E-state index contributed by atoms with van der Waals surface area (Å²) in [5.41, 5.74) is 0.880. The van der Waals surface area contributed by atoms with Gasteiger partial charge in [0, 0.05) is 29.2 Å². The van der Waals surface area contributed by atoms with E-state index < -0.39 is 11.0 Å². The van der Waals surface area contributed by atoms with Crippen molar-refractivity contribution in [2.45, 2.75) is 52.2 Å². The summed E-state index contributed by atoms with van der Waals surface area (Å²) in [5, 5.41) is 14.7. The quantitative estimate of drug-likeness (QED) is 0.477. The van der Waals surface area contributed by atoms with E-state index in [-0.39, 0.29) is 36.5 Å². The minimum Gasteiger partial charge on any atom is -0.352 e. The number of nitro groups is 1. The second-order valence-electron chi connectivity index (χ2n) is 7.26. The standard InChI is InChI=1S/C22H26ClN3O4/c1-4-19(22(28)24-15(2)3)25(14-17-10-5-7-11-18(17)23)21(27)13-16-9-6-8-12-20(16)26(29)30/h5-12,15,19H,4,13-14H2,1-3H3,(H,24,28)/t19-/m1/s1. The lowest BCUT2D eigenvalue weighted by Crippen LogP contribution is -2.50. The Morgan fingerprint density at radius 2 is 1.70 bits per heavy atom. The van der Waals surface area contributed by atoms with Crippen LogP contribution in [0.25, 0.3) is 0 Å². The van der Waals surface area contributed by atoms with Gasteiger partial charge in [-0.1, -0.05) is 54.9 Å². The highest BCUT2D eigenvalue weighted by molar-refractivity contribution is 6.31. The van der Waals surface area contributed by atoms with Gasteiger partial charge < -0.3 is 10.2 Å². The van der Waals surface area contributed by atoms with Crippen molar-refractivity contribution in [3.05, 3.63) is 74.8 Å². The fourth-order valence-corrected chi connectivity index (χ4v) is 3.41. The summed E-state index contributed by atoms with van der Waals surface area (Å²) < 4.78 is 0. The summed E-state index contributed by atoms with van der Waals surface area (Å²) in [4.78, 5) is 38.3. The van der Waals surface area contributed by atoms with Crippen LogP contribution in [0.5, 0.6) is 0 Å². The average Bonchev–Trinajstić information content (AvgIpc) is 2.68. The number of carbonyl (C=O) groups excluding carboxylic acids is 2. The summed E-state index contributed by atoms with van der Waals surface area (Å²) >= 11 is 6.28. The lowest BCUT2D eigenvalue weighted by atomic mass is 10.1. The van der Waals surface area contributed by atoms with Crippen LogP contribution < -0.4 is 5.32 Å². The normalized spacial score (nSPS) is 11.8. The Hall–Kier alpha value is -2.93. The Morgan fingerprint density at radius 3 is 2.27 bits per heavy atom. The highest BCUT2D eigenvalue weighted by Crippen LogP contribution is 2.23. The molecule has 1 atom stereocenters. The number of carbonyl (C=O) groups is 2. The second kappa shape index (κ2) is 10.7. The van der Waals surface area contributed by atoms with E-state index in [1.807, 2.05) is 20.8 Å². The molecule has 0 aliphatic carbocycles. The van der Waals surface area contributed by atoms with Gasteiger partial charge in [-0.05, 0) is 31.9 Å². The van der Waals surface area contributed by atoms with Crippen molar-refractivity contribution >= 4 is 29.1 Å². The summed E-state index contributed by atoms with van der Waals surface area (Å²) in [7, 11) is 0. The molecule has 0 fully saturated rings. The van der Waals surface area contributed by atoms with E-state index in [1.165, 1.54) is 11.0 Å². The topological polar surface area (TPSA) is 92.6 Å². The van der Waals surface area contributed by atoms with Crippen molar-refractivity contribution in [2.24, 2.45) is 0 Å². The number of halogens is 1. The molecule has 0 aliphatic heterocycles. The SMILES string of the molecule is CC[C@H](C(=O)NC(C)C)N(Cc1ccccc1Cl)C(=O)Cc1ccccc1[N+](=O)[O-]. The van der Waals surface area contributed by atoms with Crippen LogP contribution in [0.4, 0.5) is 5.69 Å². The van der Waals surface area contributed by atoms with Gasteiger partial charge in [0.2, 0.25) is 11.8 Å². The van der Waals surface area contributed by atoms with Crippen molar-refractivity contribution in [3.8, 4) is 0 Å². The summed E-state index contributed by atoms with van der Waals surface area (Å²) in [6.45, 7) is 5.64. The zero-order chi connectivity index (χ0) is 22.3. The van der Waals surface area contributed by atoms with Crippen molar-refractivity contribution in [2.75, 3.05) is 0 Å². The van der Waals surface area contributed by atoms with Crippen LogP contribution in [0, 0.1) is 10.1 Å². The molecule has 2 rings (SSSR count). The molecule has 1 N–H and O–H groups in total. The van der Waals surface area contributed by atoms with Crippen LogP contribution in [-0.2, 0) is 22.6 Å². The van der Waals surface area contributed by atoms with E-state index in [9.17, 15) is 19.7 Å². The average molecular weight is 432 g/mol. The number of para-hydroxylation sites is 1. The number of hydrogen-bond donors (Lipinski definition) is 1. The van der Waals surface area contributed by atoms with Gasteiger partial charge in [-0.2, -0.15) is 0 Å². The number of benzene rings is 2. The maximum absolute atomic E-state index is 13.3. The maximum atomic E-state index is 13.3. The molecule has 2 amide bonds. The molecule has 30 heavy (non-hydrogen) atoms. The predicted octanol–water partition coefficient (Wildman–Crippen LogP) is 4.12. The molecule has 0 saturated heterocycles. The first kappa shape index (κ1) is 23.3. The monoisotopic (exact) mass is 431 g/mol. The molecule has 8 heteroatoms. The van der Waals surface area contributed by atoms with Crippen LogP contribution in [-0.4, -0.2) is 33.7 Å². The Balaban J connectivity index is 2.39. The fourth-order valence-electron chi connectivity index (χ4n) is 3.21. The Bertz CT molecular complexity index is 917. The van der Waals surface area contributed by atoms with Gasteiger partial charge >= 0.3 is 0 Å². The van der Waals surface area contributed by atoms with Crippen LogP contribution in [0.3, 0.4) is 0 Å². The van der Waals surface area contributed by atoms with E-state index in [1.54, 1.807) is 42.5 Å². The lowest BCUT2D eigenvalue weighted by Gasteiger charge is -2.31. The van der Waals surface area contributed by atoms with Gasteiger partial charge in [0.05, 0.1) is 11.3 Å². The van der Waals surface area contributed by atoms with Crippen LogP contribution in [0.15, 0.2) is 48.5 Å². The smallest absolute Gasteiger partial charge is 0.273 e. The molecule has 0 unspecified atom stereocenters. The number of nitrogens with one attached hydrogen (secondary N) is 1. The Morgan fingerprint density at radius 1 is 1.10 bits per heavy atom. The van der Waals surface area contributed by atoms with Crippen LogP contribution in [0.1, 0.15) is 38.3 Å². The molecule has 0 heterocycles. The molecule has 7 nitrogen and oxygen atoms in total. The van der Waals surface area contributed by atoms with E-state index in [0.29, 0.717) is 22.6 Å². The molecule has 0 saturated carbocycles. The van der Waals surface area contributed by atoms with E-state index in [4.69, 9.17) is 11.6 Å². The number of hydrogen-bond acceptors (Lipinski definition) is 4. The van der Waals surface area contributed by atoms with Gasteiger partial charge in [0.25, 0.3) is 5.69 Å². The van der Waals surface area contributed by atoms with Gasteiger partial charge in [-0.15, -0.1) is 0 Å². The first-order chi connectivity index (χ1) is 14.2. The molecular formula is C22H26ClN3O4. The Labute approximate surface area is 181 Å². The van der Waals surface area contributed by atoms with Crippen LogP contribution in [0.2, 0.25) is 5.02 Å². The largest absolute Gasteiger partial charge is 0.352 e. The molecule has 0 aliphatic rings. The zero-order valence-corrected chi connectivity index (χ0v) is 18.1. The van der Waals surface area contributed by atoms with E-state index in [0.717, 1.165) is 0 Å². The first-order valence-corrected chi connectivity index (χ1v) is 10.2. The van der Waals surface area contributed by atoms with Crippen molar-refractivity contribution < 1.29 is 14.5 Å². The first-order valence-electron chi connectivity index (χ1n) is 9.80. The third kappa shape index (κ3) is 6.03. The fraction of sp³-hybridized carbons (Fsp3) is 0.364. The second-order valence-corrected chi connectivity index (χ2v) is 7.67. The number of nitrogens with zero attached hydrogens (tertiary/aromatic N) is 2. The van der Waals surface area contributed by atoms with E-state index >= 15 is 0 Å². The molecule has 160 valence electrons. The molecule has 0 bridgehead atoms. The highest BCUT2D eigenvalue weighted by Gasteiger charge is 2.30. The summed E-state index contributed by atoms with van der Waals surface area (Å²) in [6.07, 6.45) is 0.207. The lowest BCUT2D eigenvalue weighted by molar-refractivity contribution is -0.385. The van der Waals surface area contributed by atoms with Crippen LogP contribution >= 0.6 is 11.6 Å². The van der Waals surface area contributed by atoms with Gasteiger partial charge in [0.15, 0.2) is 0 Å². The highest BCUT2D eigenvalue weighted by atomic mass is 35.5. The number of rotatable bonds is 9. The maximum Gasteiger partial charge on any atom is 0.273 e. The Kier molecular flexibility index (Phi) is 8.35. The minimum absolute atomic E-state index is 0.0842. The predicted molar refractivity (Wildman–Crippen MR) is 116 cm³/mol. The minimum atomic E-state index is -0.723. The summed E-state index contributed by atoms with van der Waals surface area (Å²) in [5.74, 6) is -0.648. The number of nitro benzene ring substituents is 1. The summed E-state index contributed by atoms with van der Waals surface area (Å²) in [6, 6.07) is 12.4. The molecule has 2 aromatic rings. The molecule has 0 radical (unpaired) electrons. The van der Waals surface area contributed by atoms with Crippen molar-refractivity contribution in [1.29, 1.82) is 0 Å². The number of amides is 2. The third-order valence-electron chi connectivity index (χ3n) is 4.65. The van der Waals surface area contributed by atoms with Crippen molar-refractivity contribution in [1.82, 2.24) is 10.2 Å². The molecule has 0 spiro atoms.